The summed E-state index contributed by atoms with van der Waals surface area (Å²) in [4.78, 5) is 26.3. The highest BCUT2D eigenvalue weighted by molar-refractivity contribution is 5.91. The average molecular weight is 292 g/mol. The number of rotatable bonds is 2. The number of ether oxygens (including phenoxy) is 1. The zero-order valence-corrected chi connectivity index (χ0v) is 11.5. The summed E-state index contributed by atoms with van der Waals surface area (Å²) < 4.78 is 18.5. The van der Waals surface area contributed by atoms with E-state index in [2.05, 4.69) is 5.32 Å². The van der Waals surface area contributed by atoms with E-state index >= 15 is 0 Å². The van der Waals surface area contributed by atoms with Crippen LogP contribution >= 0.6 is 0 Å². The molecule has 2 fully saturated rings. The van der Waals surface area contributed by atoms with Gasteiger partial charge >= 0.3 is 0 Å². The molecule has 1 aromatic carbocycles. The second-order valence-electron chi connectivity index (χ2n) is 5.28. The summed E-state index contributed by atoms with van der Waals surface area (Å²) in [6.45, 7) is 1.44. The van der Waals surface area contributed by atoms with E-state index in [0.717, 1.165) is 6.42 Å². The molecule has 0 bridgehead atoms. The molecular weight excluding hydrogens is 275 g/mol. The highest BCUT2D eigenvalue weighted by atomic mass is 19.1. The Morgan fingerprint density at radius 3 is 2.76 bits per heavy atom. The van der Waals surface area contributed by atoms with Gasteiger partial charge in [-0.2, -0.15) is 0 Å². The van der Waals surface area contributed by atoms with Crippen molar-refractivity contribution in [1.29, 1.82) is 0 Å². The Kier molecular flexibility index (Phi) is 3.88. The largest absolute Gasteiger partial charge is 0.368 e. The molecule has 0 spiro atoms. The molecular formula is C15H17FN2O3. The molecule has 0 saturated carbocycles. The molecule has 2 aliphatic heterocycles. The molecule has 2 aliphatic rings. The molecule has 2 amide bonds. The van der Waals surface area contributed by atoms with Crippen LogP contribution in [0.5, 0.6) is 0 Å². The number of carbonyl (C=O) groups is 2. The van der Waals surface area contributed by atoms with Crippen molar-refractivity contribution in [2.24, 2.45) is 0 Å². The van der Waals surface area contributed by atoms with Gasteiger partial charge in [-0.1, -0.05) is 12.1 Å². The fraction of sp³-hybridized carbons (Fsp3) is 0.467. The molecule has 2 saturated heterocycles. The molecule has 0 radical (unpaired) electrons. The molecule has 2 heterocycles. The van der Waals surface area contributed by atoms with Gasteiger partial charge in [0, 0.05) is 19.7 Å². The van der Waals surface area contributed by atoms with E-state index in [9.17, 15) is 14.0 Å². The molecule has 112 valence electrons. The minimum absolute atomic E-state index is 0.156. The number of hydrogen-bond donors (Lipinski definition) is 1. The topological polar surface area (TPSA) is 58.6 Å². The first kappa shape index (κ1) is 14.0. The smallest absolute Gasteiger partial charge is 0.252 e. The fourth-order valence-corrected chi connectivity index (χ4v) is 2.84. The molecule has 0 aliphatic carbocycles. The van der Waals surface area contributed by atoms with Crippen LogP contribution in [-0.2, 0) is 14.3 Å². The lowest BCUT2D eigenvalue weighted by molar-refractivity contribution is -0.150. The Morgan fingerprint density at radius 1 is 1.33 bits per heavy atom. The number of amides is 2. The number of halogens is 1. The van der Waals surface area contributed by atoms with Crippen molar-refractivity contribution < 1.29 is 18.7 Å². The van der Waals surface area contributed by atoms with E-state index in [1.807, 2.05) is 0 Å². The molecule has 1 N–H and O–H groups in total. The third kappa shape index (κ3) is 2.76. The predicted octanol–water partition coefficient (Wildman–Crippen LogP) is 1.00. The molecule has 3 rings (SSSR count). The summed E-state index contributed by atoms with van der Waals surface area (Å²) in [6.07, 6.45) is 1.09. The maximum Gasteiger partial charge on any atom is 0.252 e. The van der Waals surface area contributed by atoms with Crippen LogP contribution in [-0.4, -0.2) is 42.5 Å². The summed E-state index contributed by atoms with van der Waals surface area (Å²) in [6, 6.07) is 4.97. The maximum absolute atomic E-state index is 13.1. The first-order valence-corrected chi connectivity index (χ1v) is 7.12. The van der Waals surface area contributed by atoms with Crippen molar-refractivity contribution in [1.82, 2.24) is 10.2 Å². The van der Waals surface area contributed by atoms with Gasteiger partial charge in [-0.05, 0) is 30.5 Å². The summed E-state index contributed by atoms with van der Waals surface area (Å²) in [7, 11) is 0. The van der Waals surface area contributed by atoms with Gasteiger partial charge in [-0.3, -0.25) is 9.59 Å². The molecule has 2 atom stereocenters. The fourth-order valence-electron chi connectivity index (χ4n) is 2.84. The Labute approximate surface area is 122 Å². The Balaban J connectivity index is 1.87. The van der Waals surface area contributed by atoms with E-state index in [1.165, 1.54) is 12.1 Å². The van der Waals surface area contributed by atoms with Crippen LogP contribution in [0, 0.1) is 5.82 Å². The zero-order valence-electron chi connectivity index (χ0n) is 11.5. The van der Waals surface area contributed by atoms with Crippen molar-refractivity contribution in [2.75, 3.05) is 19.7 Å². The van der Waals surface area contributed by atoms with Crippen molar-refractivity contribution in [3.05, 3.63) is 35.6 Å². The third-order valence-corrected chi connectivity index (χ3v) is 3.89. The summed E-state index contributed by atoms with van der Waals surface area (Å²) in [5, 5.41) is 2.75. The minimum atomic E-state index is -0.712. The molecule has 0 aromatic heterocycles. The Hall–Kier alpha value is -1.95. The van der Waals surface area contributed by atoms with E-state index in [1.54, 1.807) is 17.0 Å². The van der Waals surface area contributed by atoms with Crippen molar-refractivity contribution in [2.45, 2.75) is 25.0 Å². The molecule has 5 nitrogen and oxygen atoms in total. The molecule has 6 heteroatoms. The van der Waals surface area contributed by atoms with Gasteiger partial charge in [0.25, 0.3) is 5.91 Å². The van der Waals surface area contributed by atoms with Crippen molar-refractivity contribution in [3.63, 3.8) is 0 Å². The van der Waals surface area contributed by atoms with Crippen LogP contribution in [0.3, 0.4) is 0 Å². The van der Waals surface area contributed by atoms with E-state index in [4.69, 9.17) is 4.74 Å². The van der Waals surface area contributed by atoms with Crippen LogP contribution in [0.15, 0.2) is 24.3 Å². The Morgan fingerprint density at radius 2 is 2.10 bits per heavy atom. The lowest BCUT2D eigenvalue weighted by atomic mass is 10.0. The lowest BCUT2D eigenvalue weighted by Gasteiger charge is -2.36. The van der Waals surface area contributed by atoms with Gasteiger partial charge in [-0.15, -0.1) is 0 Å². The van der Waals surface area contributed by atoms with E-state index < -0.39 is 12.1 Å². The summed E-state index contributed by atoms with van der Waals surface area (Å²) in [5.74, 6) is -0.761. The van der Waals surface area contributed by atoms with Gasteiger partial charge in [0.1, 0.15) is 18.0 Å². The Bertz CT molecular complexity index is 540. The predicted molar refractivity (Wildman–Crippen MR) is 72.8 cm³/mol. The number of hydrogen-bond acceptors (Lipinski definition) is 3. The van der Waals surface area contributed by atoms with Gasteiger partial charge in [0.2, 0.25) is 5.91 Å². The van der Waals surface area contributed by atoms with Gasteiger partial charge in [0.05, 0.1) is 0 Å². The highest BCUT2D eigenvalue weighted by Crippen LogP contribution is 2.26. The van der Waals surface area contributed by atoms with Crippen molar-refractivity contribution >= 4 is 11.8 Å². The first-order chi connectivity index (χ1) is 10.2. The van der Waals surface area contributed by atoms with Gasteiger partial charge in [-0.25, -0.2) is 4.39 Å². The minimum Gasteiger partial charge on any atom is -0.368 e. The molecule has 1 aromatic rings. The van der Waals surface area contributed by atoms with Crippen LogP contribution in [0.4, 0.5) is 4.39 Å². The average Bonchev–Trinajstić information content (AvgIpc) is 3.02. The quantitative estimate of drug-likeness (QED) is 0.885. The van der Waals surface area contributed by atoms with Gasteiger partial charge in [0.15, 0.2) is 0 Å². The first-order valence-electron chi connectivity index (χ1n) is 7.12. The van der Waals surface area contributed by atoms with Gasteiger partial charge < -0.3 is 15.0 Å². The molecule has 21 heavy (non-hydrogen) atoms. The second-order valence-corrected chi connectivity index (χ2v) is 5.28. The number of carbonyl (C=O) groups excluding carboxylic acids is 2. The van der Waals surface area contributed by atoms with Crippen LogP contribution in [0.25, 0.3) is 0 Å². The maximum atomic E-state index is 13.1. The third-order valence-electron chi connectivity index (χ3n) is 3.89. The second kappa shape index (κ2) is 5.81. The lowest BCUT2D eigenvalue weighted by Crippen LogP contribution is -2.54. The van der Waals surface area contributed by atoms with Crippen LogP contribution < -0.4 is 5.32 Å². The summed E-state index contributed by atoms with van der Waals surface area (Å²) in [5.41, 5.74) is 0.611. The van der Waals surface area contributed by atoms with E-state index in [-0.39, 0.29) is 17.6 Å². The van der Waals surface area contributed by atoms with Crippen LogP contribution in [0.2, 0.25) is 0 Å². The SMILES string of the molecule is O=C1NCCN(C(=O)C2CCCO2)C1c1ccc(F)cc1. The number of piperazine rings is 1. The summed E-state index contributed by atoms with van der Waals surface area (Å²) >= 11 is 0. The monoisotopic (exact) mass is 292 g/mol. The number of nitrogens with one attached hydrogen (secondary N) is 1. The normalized spacial score (nSPS) is 25.8. The molecule has 2 unspecified atom stereocenters. The highest BCUT2D eigenvalue weighted by Gasteiger charge is 2.38. The zero-order chi connectivity index (χ0) is 14.8. The number of benzene rings is 1. The standard InChI is InChI=1S/C15H17FN2O3/c16-11-5-3-10(4-6-11)13-14(19)17-7-8-18(13)15(20)12-2-1-9-21-12/h3-6,12-13H,1-2,7-9H2,(H,17,19). The van der Waals surface area contributed by atoms with Crippen LogP contribution in [0.1, 0.15) is 24.4 Å². The van der Waals surface area contributed by atoms with E-state index in [0.29, 0.717) is 31.7 Å². The number of nitrogens with zero attached hydrogens (tertiary/aromatic N) is 1. The van der Waals surface area contributed by atoms with Crippen molar-refractivity contribution in [3.8, 4) is 0 Å².